The van der Waals surface area contributed by atoms with Crippen molar-refractivity contribution in [2.45, 2.75) is 96.1 Å². The highest BCUT2D eigenvalue weighted by atomic mass is 32.2. The molecule has 0 aliphatic carbocycles. The van der Waals surface area contributed by atoms with E-state index in [0.717, 1.165) is 94.2 Å². The van der Waals surface area contributed by atoms with Gasteiger partial charge in [0.05, 0.1) is 4.90 Å². The van der Waals surface area contributed by atoms with Crippen molar-refractivity contribution in [2.75, 3.05) is 36.0 Å². The van der Waals surface area contributed by atoms with E-state index in [0.29, 0.717) is 4.90 Å². The molecule has 0 aromatic heterocycles. The fourth-order valence-corrected chi connectivity index (χ4v) is 7.09. The first-order chi connectivity index (χ1) is 19.8. The van der Waals surface area contributed by atoms with Gasteiger partial charge < -0.3 is 9.80 Å². The second kappa shape index (κ2) is 16.6. The van der Waals surface area contributed by atoms with Gasteiger partial charge >= 0.3 is 0 Å². The summed E-state index contributed by atoms with van der Waals surface area (Å²) in [6.07, 6.45) is 9.21. The summed E-state index contributed by atoms with van der Waals surface area (Å²) < 4.78 is 28.5. The number of nitrogens with zero attached hydrogens (tertiary/aromatic N) is 2. The summed E-state index contributed by atoms with van der Waals surface area (Å²) in [7, 11) is -3.67. The molecule has 5 heteroatoms. The molecule has 0 heterocycles. The lowest BCUT2D eigenvalue weighted by molar-refractivity contribution is 0.589. The summed E-state index contributed by atoms with van der Waals surface area (Å²) in [6.45, 7) is 15.0. The molecule has 0 radical (unpaired) electrons. The molecular formula is C36H52N2O2S. The van der Waals surface area contributed by atoms with E-state index in [1.54, 1.807) is 12.1 Å². The predicted octanol–water partition coefficient (Wildman–Crippen LogP) is 9.37. The fourth-order valence-electron chi connectivity index (χ4n) is 5.27. The molecule has 224 valence electrons. The van der Waals surface area contributed by atoms with Crippen LogP contribution >= 0.6 is 0 Å². The third-order valence-corrected chi connectivity index (χ3v) is 10.0. The van der Waals surface area contributed by atoms with Crippen LogP contribution in [-0.2, 0) is 9.84 Å². The van der Waals surface area contributed by atoms with Crippen molar-refractivity contribution in [3.05, 3.63) is 89.5 Å². The van der Waals surface area contributed by atoms with Gasteiger partial charge in [0.25, 0.3) is 0 Å². The molecule has 0 unspecified atom stereocenters. The van der Waals surface area contributed by atoms with Gasteiger partial charge in [-0.2, -0.15) is 0 Å². The number of rotatable bonds is 18. The van der Waals surface area contributed by atoms with Crippen LogP contribution in [0.5, 0.6) is 0 Å². The molecule has 41 heavy (non-hydrogen) atoms. The third kappa shape index (κ3) is 9.10. The summed E-state index contributed by atoms with van der Waals surface area (Å²) in [5, 5.41) is -0.771. The van der Waals surface area contributed by atoms with E-state index in [1.807, 2.05) is 43.3 Å². The maximum Gasteiger partial charge on any atom is 0.189 e. The van der Waals surface area contributed by atoms with Crippen molar-refractivity contribution >= 4 is 21.2 Å². The Morgan fingerprint density at radius 3 is 1.20 bits per heavy atom. The number of hydrogen-bond donors (Lipinski definition) is 0. The van der Waals surface area contributed by atoms with Crippen LogP contribution in [-0.4, -0.2) is 34.6 Å². The smallest absolute Gasteiger partial charge is 0.189 e. The van der Waals surface area contributed by atoms with Crippen LogP contribution in [0.2, 0.25) is 0 Å². The lowest BCUT2D eigenvalue weighted by Crippen LogP contribution is -2.26. The minimum absolute atomic E-state index is 0.362. The lowest BCUT2D eigenvalue weighted by atomic mass is 10.0. The standard InChI is InChI=1S/C36H52N2O2S/c1-6-10-26-37(27-11-7-2)33-20-16-31(17-21-33)36(41(39,40)35-24-14-30(5)15-25-35)32-18-22-34(23-19-32)38(28-12-8-3)29-13-9-4/h14-25,36H,6-13,26-29H2,1-5H3. The van der Waals surface area contributed by atoms with Crippen LogP contribution in [0.4, 0.5) is 11.4 Å². The Labute approximate surface area is 250 Å². The molecule has 0 N–H and O–H groups in total. The SMILES string of the molecule is CCCCN(CCCC)c1ccc(C(c2ccc(N(CCCC)CCCC)cc2)S(=O)(=O)c2ccc(C)cc2)cc1. The lowest BCUT2D eigenvalue weighted by Gasteiger charge is -2.27. The van der Waals surface area contributed by atoms with E-state index in [-0.39, 0.29) is 0 Å². The molecule has 4 nitrogen and oxygen atoms in total. The Morgan fingerprint density at radius 2 is 0.878 bits per heavy atom. The van der Waals surface area contributed by atoms with E-state index in [2.05, 4.69) is 61.8 Å². The third-order valence-electron chi connectivity index (χ3n) is 7.91. The Kier molecular flexibility index (Phi) is 13.2. The first-order valence-electron chi connectivity index (χ1n) is 15.9. The minimum Gasteiger partial charge on any atom is -0.372 e. The van der Waals surface area contributed by atoms with Crippen LogP contribution < -0.4 is 9.80 Å². The maximum absolute atomic E-state index is 14.2. The normalized spacial score (nSPS) is 11.7. The topological polar surface area (TPSA) is 40.6 Å². The van der Waals surface area contributed by atoms with E-state index >= 15 is 0 Å². The number of aryl methyl sites for hydroxylation is 1. The van der Waals surface area contributed by atoms with Crippen LogP contribution in [0.1, 0.15) is 101 Å². The van der Waals surface area contributed by atoms with Crippen molar-refractivity contribution < 1.29 is 8.42 Å². The Morgan fingerprint density at radius 1 is 0.537 bits per heavy atom. The average Bonchev–Trinajstić information content (AvgIpc) is 2.98. The summed E-state index contributed by atoms with van der Waals surface area (Å²) in [5.74, 6) is 0. The molecule has 0 fully saturated rings. The zero-order valence-corrected chi connectivity index (χ0v) is 26.9. The predicted molar refractivity (Wildman–Crippen MR) is 177 cm³/mol. The maximum atomic E-state index is 14.2. The van der Waals surface area contributed by atoms with Gasteiger partial charge in [0, 0.05) is 37.6 Å². The molecule has 0 aliphatic heterocycles. The van der Waals surface area contributed by atoms with Crippen molar-refractivity contribution in [1.29, 1.82) is 0 Å². The van der Waals surface area contributed by atoms with Gasteiger partial charge in [-0.15, -0.1) is 0 Å². The first-order valence-corrected chi connectivity index (χ1v) is 17.4. The second-order valence-electron chi connectivity index (χ2n) is 11.3. The van der Waals surface area contributed by atoms with Crippen molar-refractivity contribution in [1.82, 2.24) is 0 Å². The average molecular weight is 577 g/mol. The quantitative estimate of drug-likeness (QED) is 0.151. The van der Waals surface area contributed by atoms with Gasteiger partial charge in [-0.3, -0.25) is 0 Å². The molecule has 0 bridgehead atoms. The van der Waals surface area contributed by atoms with Crippen molar-refractivity contribution in [3.63, 3.8) is 0 Å². The van der Waals surface area contributed by atoms with Crippen LogP contribution in [0.25, 0.3) is 0 Å². The van der Waals surface area contributed by atoms with Crippen molar-refractivity contribution in [3.8, 4) is 0 Å². The molecule has 0 saturated heterocycles. The van der Waals surface area contributed by atoms with E-state index in [4.69, 9.17) is 0 Å². The zero-order valence-electron chi connectivity index (χ0n) is 26.1. The molecule has 0 amide bonds. The number of anilines is 2. The van der Waals surface area contributed by atoms with E-state index in [9.17, 15) is 8.42 Å². The van der Waals surface area contributed by atoms with Crippen LogP contribution in [0.15, 0.2) is 77.7 Å². The van der Waals surface area contributed by atoms with Gasteiger partial charge in [0.2, 0.25) is 0 Å². The molecule has 3 aromatic rings. The first kappa shape index (κ1) is 32.7. The number of hydrogen-bond acceptors (Lipinski definition) is 4. The van der Waals surface area contributed by atoms with E-state index in [1.165, 1.54) is 11.4 Å². The highest BCUT2D eigenvalue weighted by molar-refractivity contribution is 7.91. The number of unbranched alkanes of at least 4 members (excludes halogenated alkanes) is 4. The fraction of sp³-hybridized carbons (Fsp3) is 0.500. The van der Waals surface area contributed by atoms with Gasteiger partial charge in [0.15, 0.2) is 9.84 Å². The molecule has 0 saturated carbocycles. The molecule has 3 rings (SSSR count). The molecule has 0 spiro atoms. The Balaban J connectivity index is 2.02. The van der Waals surface area contributed by atoms with Gasteiger partial charge in [-0.1, -0.05) is 95.3 Å². The molecular weight excluding hydrogens is 524 g/mol. The van der Waals surface area contributed by atoms with Gasteiger partial charge in [-0.05, 0) is 80.1 Å². The minimum atomic E-state index is -3.67. The largest absolute Gasteiger partial charge is 0.372 e. The van der Waals surface area contributed by atoms with Gasteiger partial charge in [0.1, 0.15) is 5.25 Å². The van der Waals surface area contributed by atoms with Crippen molar-refractivity contribution in [2.24, 2.45) is 0 Å². The van der Waals surface area contributed by atoms with Crippen LogP contribution in [0, 0.1) is 6.92 Å². The summed E-state index contributed by atoms with van der Waals surface area (Å²) >= 11 is 0. The number of benzene rings is 3. The van der Waals surface area contributed by atoms with Crippen LogP contribution in [0.3, 0.4) is 0 Å². The summed E-state index contributed by atoms with van der Waals surface area (Å²) in [6, 6.07) is 23.8. The summed E-state index contributed by atoms with van der Waals surface area (Å²) in [5.41, 5.74) is 5.00. The molecule has 0 atom stereocenters. The monoisotopic (exact) mass is 576 g/mol. The summed E-state index contributed by atoms with van der Waals surface area (Å²) in [4.78, 5) is 5.24. The molecule has 0 aliphatic rings. The Bertz CT molecular complexity index is 1170. The zero-order chi connectivity index (χ0) is 29.7. The molecule has 3 aromatic carbocycles. The van der Waals surface area contributed by atoms with E-state index < -0.39 is 15.1 Å². The number of sulfone groups is 1. The second-order valence-corrected chi connectivity index (χ2v) is 13.3. The van der Waals surface area contributed by atoms with Gasteiger partial charge in [-0.25, -0.2) is 8.42 Å². The highest BCUT2D eigenvalue weighted by Crippen LogP contribution is 2.37. The Hall–Kier alpha value is -2.79. The highest BCUT2D eigenvalue weighted by Gasteiger charge is 2.31.